The SMILES string of the molecule is COCOc1ccc(F)cc1S(=O)(=O)F. The van der Waals surface area contributed by atoms with Gasteiger partial charge in [-0.3, -0.25) is 0 Å². The van der Waals surface area contributed by atoms with Gasteiger partial charge in [-0.15, -0.1) is 3.89 Å². The summed E-state index contributed by atoms with van der Waals surface area (Å²) in [5.74, 6) is -1.16. The van der Waals surface area contributed by atoms with E-state index < -0.39 is 20.9 Å². The Kier molecular flexibility index (Phi) is 3.59. The van der Waals surface area contributed by atoms with Crippen molar-refractivity contribution in [2.75, 3.05) is 13.9 Å². The van der Waals surface area contributed by atoms with Crippen LogP contribution < -0.4 is 4.74 Å². The predicted molar refractivity (Wildman–Crippen MR) is 47.2 cm³/mol. The van der Waals surface area contributed by atoms with Crippen molar-refractivity contribution < 1.29 is 26.2 Å². The fourth-order valence-electron chi connectivity index (χ4n) is 0.914. The van der Waals surface area contributed by atoms with Gasteiger partial charge in [-0.05, 0) is 18.2 Å². The van der Waals surface area contributed by atoms with Gasteiger partial charge < -0.3 is 9.47 Å². The van der Waals surface area contributed by atoms with E-state index in [2.05, 4.69) is 4.74 Å². The van der Waals surface area contributed by atoms with E-state index >= 15 is 0 Å². The Hall–Kier alpha value is -1.21. The maximum Gasteiger partial charge on any atom is 0.335 e. The number of methoxy groups -OCH3 is 1. The molecule has 0 N–H and O–H groups in total. The highest BCUT2D eigenvalue weighted by molar-refractivity contribution is 7.86. The van der Waals surface area contributed by atoms with Crippen molar-refractivity contribution in [2.24, 2.45) is 0 Å². The van der Waals surface area contributed by atoms with Crippen molar-refractivity contribution in [2.45, 2.75) is 4.90 Å². The van der Waals surface area contributed by atoms with Gasteiger partial charge in [0.05, 0.1) is 0 Å². The highest BCUT2D eigenvalue weighted by Gasteiger charge is 2.19. The third-order valence-corrected chi connectivity index (χ3v) is 2.35. The molecule has 0 heterocycles. The average Bonchev–Trinajstić information content (AvgIpc) is 2.14. The average molecular weight is 238 g/mol. The maximum absolute atomic E-state index is 12.7. The van der Waals surface area contributed by atoms with E-state index in [4.69, 9.17) is 4.74 Å². The van der Waals surface area contributed by atoms with Gasteiger partial charge in [-0.25, -0.2) is 4.39 Å². The molecule has 0 aromatic heterocycles. The summed E-state index contributed by atoms with van der Waals surface area (Å²) < 4.78 is 55.9. The largest absolute Gasteiger partial charge is 0.466 e. The van der Waals surface area contributed by atoms with Crippen LogP contribution >= 0.6 is 0 Å². The molecule has 0 spiro atoms. The molecule has 0 fully saturated rings. The molecule has 15 heavy (non-hydrogen) atoms. The minimum Gasteiger partial charge on any atom is -0.466 e. The molecule has 4 nitrogen and oxygen atoms in total. The van der Waals surface area contributed by atoms with Crippen molar-refractivity contribution in [1.29, 1.82) is 0 Å². The van der Waals surface area contributed by atoms with E-state index in [1.165, 1.54) is 7.11 Å². The summed E-state index contributed by atoms with van der Waals surface area (Å²) in [7, 11) is -3.69. The van der Waals surface area contributed by atoms with Gasteiger partial charge in [0, 0.05) is 7.11 Å². The van der Waals surface area contributed by atoms with Crippen LogP contribution in [0.2, 0.25) is 0 Å². The second-order valence-electron chi connectivity index (χ2n) is 2.58. The van der Waals surface area contributed by atoms with Gasteiger partial charge in [-0.2, -0.15) is 8.42 Å². The molecule has 0 aliphatic carbocycles. The molecule has 0 saturated carbocycles. The van der Waals surface area contributed by atoms with Crippen LogP contribution in [0.1, 0.15) is 0 Å². The molecule has 0 atom stereocenters. The number of benzene rings is 1. The van der Waals surface area contributed by atoms with Gasteiger partial charge in [0.25, 0.3) is 0 Å². The van der Waals surface area contributed by atoms with Crippen LogP contribution in [0.4, 0.5) is 8.28 Å². The normalized spacial score (nSPS) is 11.4. The summed E-state index contributed by atoms with van der Waals surface area (Å²) in [6.45, 7) is -0.256. The van der Waals surface area contributed by atoms with Crippen molar-refractivity contribution in [3.63, 3.8) is 0 Å². The van der Waals surface area contributed by atoms with Crippen molar-refractivity contribution in [3.8, 4) is 5.75 Å². The van der Waals surface area contributed by atoms with Crippen molar-refractivity contribution in [3.05, 3.63) is 24.0 Å². The highest BCUT2D eigenvalue weighted by Crippen LogP contribution is 2.26. The molecule has 7 heteroatoms. The van der Waals surface area contributed by atoms with Gasteiger partial charge in [0.2, 0.25) is 0 Å². The van der Waals surface area contributed by atoms with E-state index in [1.54, 1.807) is 0 Å². The van der Waals surface area contributed by atoms with Crippen LogP contribution in [0, 0.1) is 5.82 Å². The first-order chi connectivity index (χ1) is 6.95. The second kappa shape index (κ2) is 4.54. The monoisotopic (exact) mass is 238 g/mol. The standard InChI is InChI=1S/C8H8F2O4S/c1-13-5-14-7-3-2-6(9)4-8(7)15(10,11)12/h2-4H,5H2,1H3. The smallest absolute Gasteiger partial charge is 0.335 e. The maximum atomic E-state index is 12.7. The number of hydrogen-bond acceptors (Lipinski definition) is 4. The van der Waals surface area contributed by atoms with Crippen LogP contribution in [0.25, 0.3) is 0 Å². The molecule has 84 valence electrons. The molecular formula is C8H8F2O4S. The first kappa shape index (κ1) is 11.9. The minimum absolute atomic E-state index is 0.256. The van der Waals surface area contributed by atoms with Crippen molar-refractivity contribution in [1.82, 2.24) is 0 Å². The molecule has 0 bridgehead atoms. The Bertz CT molecular complexity index is 444. The molecule has 0 radical (unpaired) electrons. The van der Waals surface area contributed by atoms with Crippen LogP contribution in [-0.4, -0.2) is 22.3 Å². The summed E-state index contributed by atoms with van der Waals surface area (Å²) in [5, 5.41) is 0. The van der Waals surface area contributed by atoms with Crippen molar-refractivity contribution >= 4 is 10.2 Å². The fraction of sp³-hybridized carbons (Fsp3) is 0.250. The molecule has 1 rings (SSSR count). The summed E-state index contributed by atoms with van der Waals surface area (Å²) in [5.41, 5.74) is 0. The number of rotatable bonds is 4. The summed E-state index contributed by atoms with van der Waals surface area (Å²) >= 11 is 0. The van der Waals surface area contributed by atoms with Crippen LogP contribution in [0.15, 0.2) is 23.1 Å². The minimum atomic E-state index is -5.01. The zero-order valence-corrected chi connectivity index (χ0v) is 8.55. The molecule has 0 saturated heterocycles. The number of hydrogen-bond donors (Lipinski definition) is 0. The van der Waals surface area contributed by atoms with E-state index in [9.17, 15) is 16.7 Å². The molecule has 1 aromatic rings. The number of halogens is 2. The molecule has 0 amide bonds. The van der Waals surface area contributed by atoms with E-state index in [-0.39, 0.29) is 12.5 Å². The van der Waals surface area contributed by atoms with Crippen LogP contribution in [-0.2, 0) is 15.0 Å². The lowest BCUT2D eigenvalue weighted by Crippen LogP contribution is -2.04. The lowest BCUT2D eigenvalue weighted by Gasteiger charge is -2.07. The van der Waals surface area contributed by atoms with Gasteiger partial charge in [0.15, 0.2) is 6.79 Å². The zero-order chi connectivity index (χ0) is 11.5. The van der Waals surface area contributed by atoms with E-state index in [1.807, 2.05) is 0 Å². The van der Waals surface area contributed by atoms with Crippen LogP contribution in [0.3, 0.4) is 0 Å². The quantitative estimate of drug-likeness (QED) is 0.588. The Morgan fingerprint density at radius 3 is 2.60 bits per heavy atom. The highest BCUT2D eigenvalue weighted by atomic mass is 32.3. The third-order valence-electron chi connectivity index (χ3n) is 1.50. The summed E-state index contributed by atoms with van der Waals surface area (Å²) in [6, 6.07) is 2.51. The zero-order valence-electron chi connectivity index (χ0n) is 7.74. The Labute approximate surface area is 85.6 Å². The van der Waals surface area contributed by atoms with Gasteiger partial charge in [-0.1, -0.05) is 0 Å². The summed E-state index contributed by atoms with van der Waals surface area (Å²) in [4.78, 5) is -0.848. The molecule has 0 unspecified atom stereocenters. The third kappa shape index (κ3) is 3.14. The topological polar surface area (TPSA) is 52.6 Å². The lowest BCUT2D eigenvalue weighted by atomic mass is 10.3. The fourth-order valence-corrected chi connectivity index (χ4v) is 1.53. The van der Waals surface area contributed by atoms with Gasteiger partial charge >= 0.3 is 10.2 Å². The molecule has 0 aliphatic rings. The van der Waals surface area contributed by atoms with E-state index in [0.29, 0.717) is 6.07 Å². The summed E-state index contributed by atoms with van der Waals surface area (Å²) in [6.07, 6.45) is 0. The predicted octanol–water partition coefficient (Wildman–Crippen LogP) is 1.47. The van der Waals surface area contributed by atoms with Crippen LogP contribution in [0.5, 0.6) is 5.75 Å². The molecule has 1 aromatic carbocycles. The Morgan fingerprint density at radius 1 is 1.40 bits per heavy atom. The first-order valence-corrected chi connectivity index (χ1v) is 5.19. The first-order valence-electron chi connectivity index (χ1n) is 3.81. The second-order valence-corrected chi connectivity index (χ2v) is 3.90. The molecule has 0 aliphatic heterocycles. The number of ether oxygens (including phenoxy) is 2. The Morgan fingerprint density at radius 2 is 2.07 bits per heavy atom. The van der Waals surface area contributed by atoms with E-state index in [0.717, 1.165) is 12.1 Å². The lowest BCUT2D eigenvalue weighted by molar-refractivity contribution is 0.0489. The van der Waals surface area contributed by atoms with Gasteiger partial charge in [0.1, 0.15) is 16.5 Å². The molecular weight excluding hydrogens is 230 g/mol. The Balaban J connectivity index is 3.15.